The zero-order chi connectivity index (χ0) is 11.7. The van der Waals surface area contributed by atoms with E-state index in [1.54, 1.807) is 0 Å². The molecule has 0 spiro atoms. The number of ether oxygens (including phenoxy) is 3. The fourth-order valence-corrected chi connectivity index (χ4v) is 0.558. The predicted octanol–water partition coefficient (Wildman–Crippen LogP) is -0.323. The SMILES string of the molecule is C=C(OCCOCC(=O)O)OCC(=O)O. The maximum Gasteiger partial charge on any atom is 0.341 e. The van der Waals surface area contributed by atoms with Gasteiger partial charge >= 0.3 is 11.9 Å². The number of rotatable bonds is 9. The van der Waals surface area contributed by atoms with Crippen molar-refractivity contribution in [3.63, 3.8) is 0 Å². The van der Waals surface area contributed by atoms with Gasteiger partial charge in [0.1, 0.15) is 13.2 Å². The van der Waals surface area contributed by atoms with E-state index in [-0.39, 0.29) is 19.2 Å². The Morgan fingerprint density at radius 3 is 2.13 bits per heavy atom. The molecule has 86 valence electrons. The van der Waals surface area contributed by atoms with Crippen molar-refractivity contribution in [2.75, 3.05) is 26.4 Å². The van der Waals surface area contributed by atoms with E-state index in [0.29, 0.717) is 0 Å². The third-order valence-corrected chi connectivity index (χ3v) is 1.07. The Labute approximate surface area is 85.9 Å². The van der Waals surface area contributed by atoms with Crippen molar-refractivity contribution in [1.29, 1.82) is 0 Å². The van der Waals surface area contributed by atoms with Gasteiger partial charge in [-0.3, -0.25) is 0 Å². The highest BCUT2D eigenvalue weighted by Crippen LogP contribution is 1.95. The molecule has 0 amide bonds. The molecule has 15 heavy (non-hydrogen) atoms. The topological polar surface area (TPSA) is 102 Å². The minimum Gasteiger partial charge on any atom is -0.480 e. The second-order valence-electron chi connectivity index (χ2n) is 2.35. The Balaban J connectivity index is 3.31. The summed E-state index contributed by atoms with van der Waals surface area (Å²) in [4.78, 5) is 20.0. The van der Waals surface area contributed by atoms with Crippen molar-refractivity contribution >= 4 is 11.9 Å². The Kier molecular flexibility index (Phi) is 6.73. The monoisotopic (exact) mass is 220 g/mol. The summed E-state index contributed by atoms with van der Waals surface area (Å²) in [6.45, 7) is 2.44. The number of hydrogen-bond acceptors (Lipinski definition) is 5. The molecule has 0 heterocycles. The van der Waals surface area contributed by atoms with Gasteiger partial charge in [-0.2, -0.15) is 0 Å². The van der Waals surface area contributed by atoms with Gasteiger partial charge in [0.15, 0.2) is 6.61 Å². The Morgan fingerprint density at radius 1 is 1.00 bits per heavy atom. The van der Waals surface area contributed by atoms with Crippen LogP contribution in [0.4, 0.5) is 0 Å². The second-order valence-corrected chi connectivity index (χ2v) is 2.35. The van der Waals surface area contributed by atoms with Crippen LogP contribution in [0.3, 0.4) is 0 Å². The van der Waals surface area contributed by atoms with Crippen molar-refractivity contribution in [3.05, 3.63) is 12.5 Å². The van der Waals surface area contributed by atoms with Gasteiger partial charge in [0.05, 0.1) is 6.61 Å². The van der Waals surface area contributed by atoms with E-state index in [1.165, 1.54) is 0 Å². The lowest BCUT2D eigenvalue weighted by atomic mass is 10.7. The van der Waals surface area contributed by atoms with Crippen LogP contribution in [-0.2, 0) is 23.8 Å². The molecule has 0 aromatic heterocycles. The Morgan fingerprint density at radius 2 is 1.60 bits per heavy atom. The normalized spacial score (nSPS) is 9.33. The number of carboxylic acid groups (broad SMARTS) is 2. The minimum atomic E-state index is -1.14. The molecule has 0 aliphatic rings. The van der Waals surface area contributed by atoms with Crippen LogP contribution in [0.2, 0.25) is 0 Å². The Bertz CT molecular complexity index is 235. The molecule has 0 unspecified atom stereocenters. The summed E-state index contributed by atoms with van der Waals surface area (Å²) >= 11 is 0. The summed E-state index contributed by atoms with van der Waals surface area (Å²) in [6, 6.07) is 0. The summed E-state index contributed by atoms with van der Waals surface area (Å²) in [5.41, 5.74) is 0. The van der Waals surface area contributed by atoms with Crippen LogP contribution in [-0.4, -0.2) is 48.6 Å². The van der Waals surface area contributed by atoms with Crippen LogP contribution in [0.25, 0.3) is 0 Å². The quantitative estimate of drug-likeness (QED) is 0.405. The molecule has 0 bridgehead atoms. The van der Waals surface area contributed by atoms with Gasteiger partial charge < -0.3 is 24.4 Å². The van der Waals surface area contributed by atoms with Crippen LogP contribution in [0.15, 0.2) is 12.5 Å². The van der Waals surface area contributed by atoms with Crippen molar-refractivity contribution in [2.45, 2.75) is 0 Å². The molecule has 0 radical (unpaired) electrons. The van der Waals surface area contributed by atoms with Gasteiger partial charge in [-0.15, -0.1) is 0 Å². The largest absolute Gasteiger partial charge is 0.480 e. The van der Waals surface area contributed by atoms with Crippen LogP contribution in [0, 0.1) is 0 Å². The smallest absolute Gasteiger partial charge is 0.341 e. The predicted molar refractivity (Wildman–Crippen MR) is 47.1 cm³/mol. The van der Waals surface area contributed by atoms with Gasteiger partial charge in [-0.05, 0) is 6.58 Å². The number of carbonyl (C=O) groups is 2. The van der Waals surface area contributed by atoms with E-state index in [2.05, 4.69) is 16.1 Å². The van der Waals surface area contributed by atoms with Crippen molar-refractivity contribution in [1.82, 2.24) is 0 Å². The zero-order valence-electron chi connectivity index (χ0n) is 7.97. The maximum atomic E-state index is 10.0. The molecule has 7 heteroatoms. The molecule has 0 aromatic carbocycles. The minimum absolute atomic E-state index is 0.0474. The highest BCUT2D eigenvalue weighted by Gasteiger charge is 2.01. The summed E-state index contributed by atoms with van der Waals surface area (Å²) in [5.74, 6) is -2.35. The van der Waals surface area contributed by atoms with E-state index in [4.69, 9.17) is 14.9 Å². The highest BCUT2D eigenvalue weighted by molar-refractivity contribution is 5.68. The van der Waals surface area contributed by atoms with Crippen LogP contribution >= 0.6 is 0 Å². The number of carboxylic acids is 2. The fourth-order valence-electron chi connectivity index (χ4n) is 0.558. The van der Waals surface area contributed by atoms with E-state index < -0.39 is 25.2 Å². The van der Waals surface area contributed by atoms with Crippen LogP contribution < -0.4 is 0 Å². The van der Waals surface area contributed by atoms with Crippen molar-refractivity contribution < 1.29 is 34.0 Å². The van der Waals surface area contributed by atoms with Gasteiger partial charge in [0, 0.05) is 0 Å². The molecular weight excluding hydrogens is 208 g/mol. The first-order valence-electron chi connectivity index (χ1n) is 3.98. The lowest BCUT2D eigenvalue weighted by Crippen LogP contribution is -2.13. The van der Waals surface area contributed by atoms with E-state index in [0.717, 1.165) is 0 Å². The molecule has 0 aliphatic heterocycles. The van der Waals surface area contributed by atoms with E-state index in [9.17, 15) is 9.59 Å². The van der Waals surface area contributed by atoms with Gasteiger partial charge in [0.25, 0.3) is 5.95 Å². The third-order valence-electron chi connectivity index (χ3n) is 1.07. The lowest BCUT2D eigenvalue weighted by molar-refractivity contribution is -0.145. The number of aliphatic carboxylic acids is 2. The van der Waals surface area contributed by atoms with Crippen LogP contribution in [0.5, 0.6) is 0 Å². The molecule has 7 nitrogen and oxygen atoms in total. The summed E-state index contributed by atoms with van der Waals surface area (Å²) in [5, 5.41) is 16.4. The van der Waals surface area contributed by atoms with Gasteiger partial charge in [-0.1, -0.05) is 0 Å². The molecule has 0 saturated carbocycles. The second kappa shape index (κ2) is 7.63. The highest BCUT2D eigenvalue weighted by atomic mass is 16.7. The molecule has 0 aliphatic carbocycles. The molecule has 2 N–H and O–H groups in total. The van der Waals surface area contributed by atoms with Gasteiger partial charge in [0.2, 0.25) is 0 Å². The standard InChI is InChI=1S/C8H12O7/c1-6(15-5-8(11)12)14-3-2-13-4-7(9)10/h1-5H2,(H,9,10)(H,11,12). The summed E-state index contributed by atoms with van der Waals surface area (Å²) in [6.07, 6.45) is 0. The van der Waals surface area contributed by atoms with Crippen molar-refractivity contribution in [3.8, 4) is 0 Å². The first-order chi connectivity index (χ1) is 7.02. The average molecular weight is 220 g/mol. The molecule has 0 saturated heterocycles. The average Bonchev–Trinajstić information content (AvgIpc) is 2.13. The molecule has 0 fully saturated rings. The number of hydrogen-bond donors (Lipinski definition) is 2. The first-order valence-corrected chi connectivity index (χ1v) is 3.98. The van der Waals surface area contributed by atoms with Crippen LogP contribution in [0.1, 0.15) is 0 Å². The Hall–Kier alpha value is -1.76. The first kappa shape index (κ1) is 13.2. The molecule has 0 aromatic rings. The van der Waals surface area contributed by atoms with Crippen molar-refractivity contribution in [2.24, 2.45) is 0 Å². The summed E-state index contributed by atoms with van der Waals surface area (Å²) < 4.78 is 14.0. The zero-order valence-corrected chi connectivity index (χ0v) is 7.97. The molecule has 0 rings (SSSR count). The summed E-state index contributed by atoms with van der Waals surface area (Å²) in [7, 11) is 0. The maximum absolute atomic E-state index is 10.0. The fraction of sp³-hybridized carbons (Fsp3) is 0.500. The lowest BCUT2D eigenvalue weighted by Gasteiger charge is -2.08. The molecule has 0 atom stereocenters. The third kappa shape index (κ3) is 10.2. The van der Waals surface area contributed by atoms with E-state index >= 15 is 0 Å². The van der Waals surface area contributed by atoms with E-state index in [1.807, 2.05) is 0 Å². The van der Waals surface area contributed by atoms with Gasteiger partial charge in [-0.25, -0.2) is 9.59 Å². The molecular formula is C8H12O7.